The van der Waals surface area contributed by atoms with Crippen LogP contribution < -0.4 is 0 Å². The van der Waals surface area contributed by atoms with Gasteiger partial charge in [0.05, 0.1) is 6.61 Å². The Bertz CT molecular complexity index is 183. The zero-order valence-corrected chi connectivity index (χ0v) is 9.17. The number of rotatable bonds is 5. The van der Waals surface area contributed by atoms with Crippen molar-refractivity contribution in [3.8, 4) is 0 Å². The second-order valence-electron chi connectivity index (χ2n) is 3.77. The van der Waals surface area contributed by atoms with Gasteiger partial charge in [-0.25, -0.2) is 4.79 Å². The molecule has 14 heavy (non-hydrogen) atoms. The SMILES string of the molecule is CCCOC1(C(=O)OCC)CCCC1. The Morgan fingerprint density at radius 3 is 2.43 bits per heavy atom. The number of carbonyl (C=O) groups excluding carboxylic acids is 1. The fraction of sp³-hybridized carbons (Fsp3) is 0.909. The maximum atomic E-state index is 11.7. The molecule has 82 valence electrons. The molecule has 3 nitrogen and oxygen atoms in total. The van der Waals surface area contributed by atoms with Crippen LogP contribution >= 0.6 is 0 Å². The Labute approximate surface area is 85.8 Å². The van der Waals surface area contributed by atoms with Gasteiger partial charge in [0, 0.05) is 6.61 Å². The van der Waals surface area contributed by atoms with E-state index in [4.69, 9.17) is 9.47 Å². The Balaban J connectivity index is 2.56. The first-order chi connectivity index (χ1) is 6.75. The maximum absolute atomic E-state index is 11.7. The van der Waals surface area contributed by atoms with Crippen LogP contribution in [0.2, 0.25) is 0 Å². The Morgan fingerprint density at radius 2 is 1.93 bits per heavy atom. The molecule has 1 aliphatic carbocycles. The van der Waals surface area contributed by atoms with E-state index in [2.05, 4.69) is 0 Å². The number of hydrogen-bond acceptors (Lipinski definition) is 3. The van der Waals surface area contributed by atoms with E-state index in [1.165, 1.54) is 0 Å². The summed E-state index contributed by atoms with van der Waals surface area (Å²) in [6.07, 6.45) is 4.74. The van der Waals surface area contributed by atoms with Crippen LogP contribution in [0.3, 0.4) is 0 Å². The first-order valence-electron chi connectivity index (χ1n) is 5.56. The molecule has 0 aromatic heterocycles. The second-order valence-corrected chi connectivity index (χ2v) is 3.77. The molecule has 0 radical (unpaired) electrons. The van der Waals surface area contributed by atoms with Gasteiger partial charge in [-0.05, 0) is 39.0 Å². The van der Waals surface area contributed by atoms with E-state index >= 15 is 0 Å². The predicted molar refractivity (Wildman–Crippen MR) is 54.1 cm³/mol. The summed E-state index contributed by atoms with van der Waals surface area (Å²) in [6.45, 7) is 4.98. The normalized spacial score (nSPS) is 19.6. The van der Waals surface area contributed by atoms with Gasteiger partial charge in [-0.2, -0.15) is 0 Å². The van der Waals surface area contributed by atoms with Crippen molar-refractivity contribution >= 4 is 5.97 Å². The molecule has 0 saturated heterocycles. The molecule has 1 aliphatic rings. The highest BCUT2D eigenvalue weighted by Gasteiger charge is 2.43. The molecule has 3 heteroatoms. The maximum Gasteiger partial charge on any atom is 0.338 e. The number of carbonyl (C=O) groups is 1. The summed E-state index contributed by atoms with van der Waals surface area (Å²) >= 11 is 0. The van der Waals surface area contributed by atoms with Gasteiger partial charge in [0.1, 0.15) is 0 Å². The van der Waals surface area contributed by atoms with Crippen molar-refractivity contribution in [2.24, 2.45) is 0 Å². The third kappa shape index (κ3) is 2.47. The predicted octanol–water partition coefficient (Wildman–Crippen LogP) is 2.29. The summed E-state index contributed by atoms with van der Waals surface area (Å²) in [5.41, 5.74) is -0.605. The average Bonchev–Trinajstić information content (AvgIpc) is 2.65. The fourth-order valence-corrected chi connectivity index (χ4v) is 1.91. The van der Waals surface area contributed by atoms with Crippen LogP contribution in [0.25, 0.3) is 0 Å². The van der Waals surface area contributed by atoms with Gasteiger partial charge in [-0.3, -0.25) is 0 Å². The molecule has 1 saturated carbocycles. The highest BCUT2D eigenvalue weighted by molar-refractivity contribution is 5.80. The zero-order chi connectivity index (χ0) is 10.4. The van der Waals surface area contributed by atoms with Crippen molar-refractivity contribution in [1.29, 1.82) is 0 Å². The van der Waals surface area contributed by atoms with Gasteiger partial charge < -0.3 is 9.47 Å². The Kier molecular flexibility index (Phi) is 4.39. The number of hydrogen-bond donors (Lipinski definition) is 0. The topological polar surface area (TPSA) is 35.5 Å². The number of ether oxygens (including phenoxy) is 2. The molecule has 0 atom stereocenters. The van der Waals surface area contributed by atoms with Crippen molar-refractivity contribution < 1.29 is 14.3 Å². The van der Waals surface area contributed by atoms with Crippen molar-refractivity contribution in [2.45, 2.75) is 51.6 Å². The zero-order valence-electron chi connectivity index (χ0n) is 9.17. The molecule has 0 heterocycles. The van der Waals surface area contributed by atoms with Crippen LogP contribution in [0.4, 0.5) is 0 Å². The van der Waals surface area contributed by atoms with Crippen LogP contribution in [-0.2, 0) is 14.3 Å². The first kappa shape index (κ1) is 11.5. The van der Waals surface area contributed by atoms with Crippen molar-refractivity contribution in [2.75, 3.05) is 13.2 Å². The van der Waals surface area contributed by atoms with Crippen molar-refractivity contribution in [3.63, 3.8) is 0 Å². The average molecular weight is 200 g/mol. The molecule has 0 spiro atoms. The Hall–Kier alpha value is -0.570. The fourth-order valence-electron chi connectivity index (χ4n) is 1.91. The van der Waals surface area contributed by atoms with Gasteiger partial charge in [-0.15, -0.1) is 0 Å². The van der Waals surface area contributed by atoms with E-state index in [9.17, 15) is 4.79 Å². The van der Waals surface area contributed by atoms with Crippen LogP contribution in [0.1, 0.15) is 46.0 Å². The van der Waals surface area contributed by atoms with Gasteiger partial charge >= 0.3 is 5.97 Å². The van der Waals surface area contributed by atoms with Crippen LogP contribution in [-0.4, -0.2) is 24.8 Å². The molecule has 0 aromatic carbocycles. The molecule has 0 aliphatic heterocycles. The van der Waals surface area contributed by atoms with Crippen molar-refractivity contribution in [3.05, 3.63) is 0 Å². The standard InChI is InChI=1S/C11H20O3/c1-3-9-14-11(7-5-6-8-11)10(12)13-4-2/h3-9H2,1-2H3. The van der Waals surface area contributed by atoms with E-state index in [-0.39, 0.29) is 5.97 Å². The molecule has 1 rings (SSSR count). The molecule has 0 unspecified atom stereocenters. The minimum atomic E-state index is -0.605. The lowest BCUT2D eigenvalue weighted by molar-refractivity contribution is -0.171. The van der Waals surface area contributed by atoms with E-state index in [0.29, 0.717) is 13.2 Å². The molecular weight excluding hydrogens is 180 g/mol. The molecule has 0 amide bonds. The van der Waals surface area contributed by atoms with Gasteiger partial charge in [-0.1, -0.05) is 6.92 Å². The van der Waals surface area contributed by atoms with E-state index < -0.39 is 5.60 Å². The molecule has 0 aromatic rings. The molecular formula is C11H20O3. The van der Waals surface area contributed by atoms with E-state index in [1.807, 2.05) is 13.8 Å². The minimum Gasteiger partial charge on any atom is -0.464 e. The minimum absolute atomic E-state index is 0.161. The quantitative estimate of drug-likeness (QED) is 0.639. The summed E-state index contributed by atoms with van der Waals surface area (Å²) in [5.74, 6) is -0.161. The molecule has 0 bridgehead atoms. The largest absolute Gasteiger partial charge is 0.464 e. The van der Waals surface area contributed by atoms with E-state index in [1.54, 1.807) is 0 Å². The second kappa shape index (κ2) is 5.35. The highest BCUT2D eigenvalue weighted by Crippen LogP contribution is 2.34. The van der Waals surface area contributed by atoms with Gasteiger partial charge in [0.2, 0.25) is 0 Å². The molecule has 0 N–H and O–H groups in total. The van der Waals surface area contributed by atoms with Crippen molar-refractivity contribution in [1.82, 2.24) is 0 Å². The monoisotopic (exact) mass is 200 g/mol. The van der Waals surface area contributed by atoms with E-state index in [0.717, 1.165) is 32.1 Å². The van der Waals surface area contributed by atoms with Crippen LogP contribution in [0.5, 0.6) is 0 Å². The van der Waals surface area contributed by atoms with Gasteiger partial charge in [0.15, 0.2) is 5.60 Å². The third-order valence-electron chi connectivity index (χ3n) is 2.64. The smallest absolute Gasteiger partial charge is 0.338 e. The summed E-state index contributed by atoms with van der Waals surface area (Å²) < 4.78 is 10.7. The third-order valence-corrected chi connectivity index (χ3v) is 2.64. The highest BCUT2D eigenvalue weighted by atomic mass is 16.6. The van der Waals surface area contributed by atoms with Crippen LogP contribution in [0, 0.1) is 0 Å². The van der Waals surface area contributed by atoms with Gasteiger partial charge in [0.25, 0.3) is 0 Å². The first-order valence-corrected chi connectivity index (χ1v) is 5.56. The summed E-state index contributed by atoms with van der Waals surface area (Å²) in [5, 5.41) is 0. The van der Waals surface area contributed by atoms with Crippen LogP contribution in [0.15, 0.2) is 0 Å². The Morgan fingerprint density at radius 1 is 1.29 bits per heavy atom. The summed E-state index contributed by atoms with van der Waals surface area (Å²) in [7, 11) is 0. The lowest BCUT2D eigenvalue weighted by Gasteiger charge is -2.26. The lowest BCUT2D eigenvalue weighted by atomic mass is 10.0. The number of esters is 1. The summed E-state index contributed by atoms with van der Waals surface area (Å²) in [6, 6.07) is 0. The lowest BCUT2D eigenvalue weighted by Crippen LogP contribution is -2.40. The summed E-state index contributed by atoms with van der Waals surface area (Å²) in [4.78, 5) is 11.7. The molecule has 1 fully saturated rings.